The van der Waals surface area contributed by atoms with Gasteiger partial charge in [0.05, 0.1) is 11.7 Å². The van der Waals surface area contributed by atoms with Gasteiger partial charge in [0.1, 0.15) is 5.65 Å². The summed E-state index contributed by atoms with van der Waals surface area (Å²) in [6, 6.07) is 16.7. The first-order valence-corrected chi connectivity index (χ1v) is 8.95. The predicted octanol–water partition coefficient (Wildman–Crippen LogP) is 4.54. The Morgan fingerprint density at radius 2 is 1.93 bits per heavy atom. The Bertz CT molecular complexity index is 1090. The van der Waals surface area contributed by atoms with Crippen LogP contribution in [0.4, 0.5) is 0 Å². The lowest BCUT2D eigenvalue weighted by Gasteiger charge is -2.13. The number of nitrogens with one attached hydrogen (secondary N) is 1. The van der Waals surface area contributed by atoms with Gasteiger partial charge in [0.15, 0.2) is 5.69 Å². The van der Waals surface area contributed by atoms with Crippen LogP contribution in [0.15, 0.2) is 73.2 Å². The molecule has 3 aromatic heterocycles. The number of benzene rings is 1. The van der Waals surface area contributed by atoms with Crippen molar-refractivity contribution in [2.45, 2.75) is 13.0 Å². The fraction of sp³-hybridized carbons (Fsp3) is 0.0952. The molecule has 0 saturated carbocycles. The quantitative estimate of drug-likeness (QED) is 0.568. The third-order valence-corrected chi connectivity index (χ3v) is 4.65. The number of hydrogen-bond donors (Lipinski definition) is 1. The number of nitrogens with zero attached hydrogens (tertiary/aromatic N) is 3. The Morgan fingerprint density at radius 1 is 1.11 bits per heavy atom. The Morgan fingerprint density at radius 3 is 2.67 bits per heavy atom. The number of amides is 1. The van der Waals surface area contributed by atoms with Crippen molar-refractivity contribution in [1.29, 1.82) is 0 Å². The number of carbonyl (C=O) groups is 1. The van der Waals surface area contributed by atoms with Crippen LogP contribution in [0.2, 0.25) is 5.02 Å². The topological polar surface area (TPSA) is 59.3 Å². The van der Waals surface area contributed by atoms with Crippen molar-refractivity contribution in [3.63, 3.8) is 0 Å². The van der Waals surface area contributed by atoms with Crippen LogP contribution >= 0.6 is 11.6 Å². The van der Waals surface area contributed by atoms with Gasteiger partial charge in [-0.05, 0) is 42.8 Å². The molecular weight excluding hydrogens is 360 g/mol. The van der Waals surface area contributed by atoms with Crippen molar-refractivity contribution in [3.05, 3.63) is 89.5 Å². The van der Waals surface area contributed by atoms with Gasteiger partial charge in [0.25, 0.3) is 5.91 Å². The molecular formula is C21H17ClN4O. The minimum Gasteiger partial charge on any atom is -0.344 e. The van der Waals surface area contributed by atoms with E-state index in [1.807, 2.05) is 60.0 Å². The fourth-order valence-electron chi connectivity index (χ4n) is 3.02. The number of carbonyl (C=O) groups excluding carboxylic acids is 1. The molecule has 4 aromatic rings. The van der Waals surface area contributed by atoms with Gasteiger partial charge < -0.3 is 5.32 Å². The molecule has 0 saturated heterocycles. The monoisotopic (exact) mass is 376 g/mol. The first kappa shape index (κ1) is 17.2. The average molecular weight is 377 g/mol. The maximum absolute atomic E-state index is 13.0. The van der Waals surface area contributed by atoms with Gasteiger partial charge in [-0.15, -0.1) is 0 Å². The minimum atomic E-state index is -0.236. The first-order valence-electron chi connectivity index (χ1n) is 8.57. The summed E-state index contributed by atoms with van der Waals surface area (Å²) in [5.74, 6) is -0.236. The van der Waals surface area contributed by atoms with Gasteiger partial charge in [-0.25, -0.2) is 4.98 Å². The standard InChI is InChI=1S/C21H17ClN4O/c1-14(16-5-4-11-23-13-16)24-21(27)19-20(15-7-9-17(22)10-8-15)26-12-3-2-6-18(26)25-19/h2-14H,1H3,(H,24,27)/t14-/m0/s1. The third-order valence-electron chi connectivity index (χ3n) is 4.39. The summed E-state index contributed by atoms with van der Waals surface area (Å²) in [5, 5.41) is 3.66. The van der Waals surface area contributed by atoms with E-state index in [0.29, 0.717) is 16.4 Å². The highest BCUT2D eigenvalue weighted by molar-refractivity contribution is 6.30. The average Bonchev–Trinajstić information content (AvgIpc) is 3.09. The van der Waals surface area contributed by atoms with Gasteiger partial charge in [-0.3, -0.25) is 14.2 Å². The van der Waals surface area contributed by atoms with Gasteiger partial charge in [0.2, 0.25) is 0 Å². The van der Waals surface area contributed by atoms with Crippen LogP contribution < -0.4 is 5.32 Å². The van der Waals surface area contributed by atoms with Crippen molar-refractivity contribution in [3.8, 4) is 11.3 Å². The van der Waals surface area contributed by atoms with E-state index in [9.17, 15) is 4.79 Å². The number of imidazole rings is 1. The van der Waals surface area contributed by atoms with Crippen LogP contribution in [0.25, 0.3) is 16.9 Å². The zero-order chi connectivity index (χ0) is 18.8. The van der Waals surface area contributed by atoms with E-state index >= 15 is 0 Å². The van der Waals surface area contributed by atoms with E-state index in [1.165, 1.54) is 0 Å². The molecule has 1 N–H and O–H groups in total. The Balaban J connectivity index is 1.75. The maximum Gasteiger partial charge on any atom is 0.272 e. The van der Waals surface area contributed by atoms with Crippen LogP contribution in [-0.4, -0.2) is 20.3 Å². The highest BCUT2D eigenvalue weighted by atomic mass is 35.5. The van der Waals surface area contributed by atoms with Crippen LogP contribution in [-0.2, 0) is 0 Å². The van der Waals surface area contributed by atoms with E-state index in [4.69, 9.17) is 11.6 Å². The second kappa shape index (κ2) is 7.21. The highest BCUT2D eigenvalue weighted by Gasteiger charge is 2.21. The van der Waals surface area contributed by atoms with Crippen molar-refractivity contribution in [1.82, 2.24) is 19.7 Å². The van der Waals surface area contributed by atoms with E-state index in [1.54, 1.807) is 24.5 Å². The molecule has 1 atom stereocenters. The van der Waals surface area contributed by atoms with Crippen LogP contribution in [0.1, 0.15) is 29.0 Å². The van der Waals surface area contributed by atoms with Gasteiger partial charge in [-0.1, -0.05) is 35.9 Å². The van der Waals surface area contributed by atoms with Crippen molar-refractivity contribution in [2.75, 3.05) is 0 Å². The van der Waals surface area contributed by atoms with Crippen LogP contribution in [0, 0.1) is 0 Å². The zero-order valence-electron chi connectivity index (χ0n) is 14.6. The number of hydrogen-bond acceptors (Lipinski definition) is 3. The summed E-state index contributed by atoms with van der Waals surface area (Å²) in [4.78, 5) is 21.7. The molecule has 0 bridgehead atoms. The first-order chi connectivity index (χ1) is 13.1. The molecule has 0 spiro atoms. The van der Waals surface area contributed by atoms with Gasteiger partial charge >= 0.3 is 0 Å². The predicted molar refractivity (Wildman–Crippen MR) is 106 cm³/mol. The second-order valence-corrected chi connectivity index (χ2v) is 6.66. The molecule has 0 unspecified atom stereocenters. The van der Waals surface area contributed by atoms with Crippen molar-refractivity contribution < 1.29 is 4.79 Å². The maximum atomic E-state index is 13.0. The number of rotatable bonds is 4. The summed E-state index contributed by atoms with van der Waals surface area (Å²) in [5.41, 5.74) is 3.62. The lowest BCUT2D eigenvalue weighted by molar-refractivity contribution is 0.0936. The summed E-state index contributed by atoms with van der Waals surface area (Å²) < 4.78 is 1.91. The largest absolute Gasteiger partial charge is 0.344 e. The Labute approximate surface area is 161 Å². The van der Waals surface area contributed by atoms with E-state index < -0.39 is 0 Å². The lowest BCUT2D eigenvalue weighted by atomic mass is 10.1. The number of fused-ring (bicyclic) bond motifs is 1. The second-order valence-electron chi connectivity index (χ2n) is 6.23. The molecule has 134 valence electrons. The molecule has 6 heteroatoms. The van der Waals surface area contributed by atoms with E-state index in [-0.39, 0.29) is 11.9 Å². The normalized spacial score (nSPS) is 12.1. The molecule has 0 fully saturated rings. The Hall–Kier alpha value is -3.18. The molecule has 0 aliphatic carbocycles. The summed E-state index contributed by atoms with van der Waals surface area (Å²) in [6.07, 6.45) is 5.35. The smallest absolute Gasteiger partial charge is 0.272 e. The van der Waals surface area contributed by atoms with Crippen molar-refractivity contribution >= 4 is 23.2 Å². The molecule has 3 heterocycles. The van der Waals surface area contributed by atoms with Gasteiger partial charge in [0, 0.05) is 29.2 Å². The third kappa shape index (κ3) is 3.41. The Kier molecular flexibility index (Phi) is 4.60. The van der Waals surface area contributed by atoms with E-state index in [2.05, 4.69) is 15.3 Å². The molecule has 0 aliphatic heterocycles. The molecule has 0 aliphatic rings. The van der Waals surface area contributed by atoms with Crippen LogP contribution in [0.3, 0.4) is 0 Å². The highest BCUT2D eigenvalue weighted by Crippen LogP contribution is 2.27. The number of pyridine rings is 2. The van der Waals surface area contributed by atoms with Gasteiger partial charge in [-0.2, -0.15) is 0 Å². The zero-order valence-corrected chi connectivity index (χ0v) is 15.4. The SMILES string of the molecule is C[C@H](NC(=O)c1nc2ccccn2c1-c1ccc(Cl)cc1)c1cccnc1. The summed E-state index contributed by atoms with van der Waals surface area (Å²) in [7, 11) is 0. The lowest BCUT2D eigenvalue weighted by Crippen LogP contribution is -2.27. The molecule has 1 aromatic carbocycles. The molecule has 27 heavy (non-hydrogen) atoms. The van der Waals surface area contributed by atoms with Crippen LogP contribution in [0.5, 0.6) is 0 Å². The molecule has 5 nitrogen and oxygen atoms in total. The number of halogens is 1. The summed E-state index contributed by atoms with van der Waals surface area (Å²) in [6.45, 7) is 1.92. The fourth-order valence-corrected chi connectivity index (χ4v) is 3.14. The summed E-state index contributed by atoms with van der Waals surface area (Å²) >= 11 is 6.02. The van der Waals surface area contributed by atoms with Crippen molar-refractivity contribution in [2.24, 2.45) is 0 Å². The molecule has 4 rings (SSSR count). The molecule has 1 amide bonds. The molecule has 0 radical (unpaired) electrons. The van der Waals surface area contributed by atoms with E-state index in [0.717, 1.165) is 16.8 Å². The number of aromatic nitrogens is 3. The minimum absolute atomic E-state index is 0.186.